The molecule has 2 heterocycles. The molecule has 0 bridgehead atoms. The number of hydrogen-bond donors (Lipinski definition) is 1. The molecule has 3 aromatic rings. The Kier molecular flexibility index (Phi) is 4.11. The second-order valence-corrected chi connectivity index (χ2v) is 7.81. The molecule has 1 amide bonds. The van der Waals surface area contributed by atoms with Crippen molar-refractivity contribution in [2.24, 2.45) is 7.05 Å². The van der Waals surface area contributed by atoms with Gasteiger partial charge in [0.25, 0.3) is 5.91 Å². The lowest BCUT2D eigenvalue weighted by molar-refractivity contribution is 0.102. The molecule has 1 aromatic heterocycles. The summed E-state index contributed by atoms with van der Waals surface area (Å²) in [6.07, 6.45) is 0. The normalized spacial score (nSPS) is 12.5. The van der Waals surface area contributed by atoms with E-state index in [9.17, 15) is 4.79 Å². The van der Waals surface area contributed by atoms with Gasteiger partial charge in [0.1, 0.15) is 0 Å². The number of rotatable bonds is 2. The molecule has 132 valence electrons. The second kappa shape index (κ2) is 6.32. The van der Waals surface area contributed by atoms with Crippen molar-refractivity contribution < 1.29 is 4.79 Å². The molecular weight excluding hydrogens is 342 g/mol. The van der Waals surface area contributed by atoms with Crippen LogP contribution in [-0.2, 0) is 12.8 Å². The Hall–Kier alpha value is -2.53. The molecule has 0 spiro atoms. The summed E-state index contributed by atoms with van der Waals surface area (Å²) in [5.74, 6) is 0.613. The first kappa shape index (κ1) is 16.9. The Morgan fingerprint density at radius 1 is 1.19 bits per heavy atom. The van der Waals surface area contributed by atoms with Crippen LogP contribution in [0.4, 0.5) is 5.69 Å². The lowest BCUT2D eigenvalue weighted by Gasteiger charge is -2.18. The summed E-state index contributed by atoms with van der Waals surface area (Å²) in [4.78, 5) is 14.2. The van der Waals surface area contributed by atoms with Crippen molar-refractivity contribution in [1.29, 1.82) is 0 Å². The summed E-state index contributed by atoms with van der Waals surface area (Å²) in [7, 11) is 1.91. The van der Waals surface area contributed by atoms with Crippen LogP contribution in [0.5, 0.6) is 0 Å². The van der Waals surface area contributed by atoms with Gasteiger partial charge in [0.15, 0.2) is 5.69 Å². The number of thioether (sulfide) groups is 1. The van der Waals surface area contributed by atoms with Crippen molar-refractivity contribution in [3.05, 3.63) is 64.3 Å². The van der Waals surface area contributed by atoms with Crippen LogP contribution in [-0.4, -0.2) is 15.7 Å². The second-order valence-electron chi connectivity index (χ2n) is 6.79. The number of hydrogen-bond acceptors (Lipinski definition) is 3. The first-order valence-electron chi connectivity index (χ1n) is 8.63. The highest BCUT2D eigenvalue weighted by Gasteiger charge is 2.28. The zero-order valence-electron chi connectivity index (χ0n) is 15.4. The summed E-state index contributed by atoms with van der Waals surface area (Å²) in [5.41, 5.74) is 8.03. The first-order valence-corrected chi connectivity index (χ1v) is 9.61. The topological polar surface area (TPSA) is 46.9 Å². The highest BCUT2D eigenvalue weighted by Crippen LogP contribution is 2.43. The maximum atomic E-state index is 12.9. The van der Waals surface area contributed by atoms with Gasteiger partial charge in [0.05, 0.1) is 5.69 Å². The molecule has 5 heteroatoms. The zero-order chi connectivity index (χ0) is 18.4. The molecule has 0 unspecified atom stereocenters. The Labute approximate surface area is 157 Å². The van der Waals surface area contributed by atoms with Gasteiger partial charge in [-0.2, -0.15) is 5.10 Å². The number of carbonyl (C=O) groups is 1. The van der Waals surface area contributed by atoms with E-state index in [-0.39, 0.29) is 5.91 Å². The number of anilines is 1. The van der Waals surface area contributed by atoms with Gasteiger partial charge < -0.3 is 5.32 Å². The fraction of sp³-hybridized carbons (Fsp3) is 0.238. The number of aryl methyl sites for hydroxylation is 3. The zero-order valence-corrected chi connectivity index (χ0v) is 16.2. The summed E-state index contributed by atoms with van der Waals surface area (Å²) < 4.78 is 1.84. The Balaban J connectivity index is 1.75. The third kappa shape index (κ3) is 2.72. The minimum absolute atomic E-state index is 0.146. The van der Waals surface area contributed by atoms with Crippen LogP contribution < -0.4 is 5.32 Å². The molecule has 0 saturated heterocycles. The molecule has 0 aliphatic carbocycles. The van der Waals surface area contributed by atoms with Gasteiger partial charge in [0.2, 0.25) is 0 Å². The maximum Gasteiger partial charge on any atom is 0.276 e. The number of benzene rings is 2. The molecule has 0 atom stereocenters. The third-order valence-electron chi connectivity index (χ3n) is 4.98. The minimum Gasteiger partial charge on any atom is -0.320 e. The molecule has 26 heavy (non-hydrogen) atoms. The summed E-state index contributed by atoms with van der Waals surface area (Å²) in [6, 6.07) is 12.4. The van der Waals surface area contributed by atoms with Crippen LogP contribution >= 0.6 is 11.8 Å². The minimum atomic E-state index is -0.146. The van der Waals surface area contributed by atoms with Crippen LogP contribution in [0, 0.1) is 20.8 Å². The third-order valence-corrected chi connectivity index (χ3v) is 6.08. The van der Waals surface area contributed by atoms with Crippen molar-refractivity contribution in [1.82, 2.24) is 9.78 Å². The molecule has 1 aliphatic heterocycles. The quantitative estimate of drug-likeness (QED) is 0.706. The Morgan fingerprint density at radius 2 is 2.00 bits per heavy atom. The highest BCUT2D eigenvalue weighted by atomic mass is 32.2. The molecular formula is C21H21N3OS. The molecule has 0 saturated carbocycles. The molecule has 2 aromatic carbocycles. The van der Waals surface area contributed by atoms with Crippen LogP contribution in [0.25, 0.3) is 11.3 Å². The van der Waals surface area contributed by atoms with E-state index in [0.717, 1.165) is 39.4 Å². The van der Waals surface area contributed by atoms with Crippen LogP contribution in [0.2, 0.25) is 0 Å². The maximum absolute atomic E-state index is 12.9. The average Bonchev–Trinajstić information content (AvgIpc) is 2.96. The predicted octanol–water partition coefficient (Wildman–Crippen LogP) is 4.87. The number of nitrogens with one attached hydrogen (secondary N) is 1. The number of fused-ring (bicyclic) bond motifs is 3. The fourth-order valence-electron chi connectivity index (χ4n) is 3.40. The van der Waals surface area contributed by atoms with Crippen molar-refractivity contribution in [3.63, 3.8) is 0 Å². The first-order chi connectivity index (χ1) is 12.5. The SMILES string of the molecule is Cc1ccc2c(c1)-c1c(c(C(=O)Nc3cccc(C)c3C)nn1C)CS2. The van der Waals surface area contributed by atoms with Crippen molar-refractivity contribution in [3.8, 4) is 11.3 Å². The molecule has 0 radical (unpaired) electrons. The summed E-state index contributed by atoms with van der Waals surface area (Å²) in [5, 5.41) is 7.60. The average molecular weight is 363 g/mol. The van der Waals surface area contributed by atoms with E-state index in [1.165, 1.54) is 10.5 Å². The van der Waals surface area contributed by atoms with Gasteiger partial charge in [-0.1, -0.05) is 23.8 Å². The lowest BCUT2D eigenvalue weighted by Crippen LogP contribution is -2.16. The summed E-state index contributed by atoms with van der Waals surface area (Å²) >= 11 is 1.76. The largest absolute Gasteiger partial charge is 0.320 e. The fourth-order valence-corrected chi connectivity index (χ4v) is 4.45. The van der Waals surface area contributed by atoms with Gasteiger partial charge >= 0.3 is 0 Å². The molecule has 4 rings (SSSR count). The van der Waals surface area contributed by atoms with Gasteiger partial charge in [-0.25, -0.2) is 0 Å². The van der Waals surface area contributed by atoms with Crippen molar-refractivity contribution >= 4 is 23.4 Å². The van der Waals surface area contributed by atoms with Gasteiger partial charge in [-0.3, -0.25) is 9.48 Å². The van der Waals surface area contributed by atoms with Crippen LogP contribution in [0.1, 0.15) is 32.7 Å². The molecule has 4 nitrogen and oxygen atoms in total. The molecule has 1 N–H and O–H groups in total. The van der Waals surface area contributed by atoms with Crippen LogP contribution in [0.3, 0.4) is 0 Å². The van der Waals surface area contributed by atoms with E-state index in [1.54, 1.807) is 11.8 Å². The number of aromatic nitrogens is 2. The van der Waals surface area contributed by atoms with E-state index in [0.29, 0.717) is 5.69 Å². The van der Waals surface area contributed by atoms with Gasteiger partial charge in [-0.15, -0.1) is 11.8 Å². The van der Waals surface area contributed by atoms with E-state index >= 15 is 0 Å². The summed E-state index contributed by atoms with van der Waals surface area (Å²) in [6.45, 7) is 6.15. The van der Waals surface area contributed by atoms with Crippen LogP contribution in [0.15, 0.2) is 41.3 Å². The highest BCUT2D eigenvalue weighted by molar-refractivity contribution is 7.98. The monoisotopic (exact) mass is 363 g/mol. The van der Waals surface area contributed by atoms with E-state index in [4.69, 9.17) is 0 Å². The standard InChI is InChI=1S/C21H21N3OS/c1-12-8-9-18-15(10-12)20-16(11-26-18)19(23-24(20)4)21(25)22-17-7-5-6-13(2)14(17)3/h5-10H,11H2,1-4H3,(H,22,25). The van der Waals surface area contributed by atoms with E-state index in [2.05, 4.69) is 35.5 Å². The lowest BCUT2D eigenvalue weighted by atomic mass is 10.0. The molecule has 0 fully saturated rings. The van der Waals surface area contributed by atoms with E-state index < -0.39 is 0 Å². The van der Waals surface area contributed by atoms with Crippen molar-refractivity contribution in [2.45, 2.75) is 31.4 Å². The smallest absolute Gasteiger partial charge is 0.276 e. The van der Waals surface area contributed by atoms with Gasteiger partial charge in [0, 0.05) is 34.5 Å². The Morgan fingerprint density at radius 3 is 2.81 bits per heavy atom. The number of nitrogens with zero attached hydrogens (tertiary/aromatic N) is 2. The molecule has 1 aliphatic rings. The number of amides is 1. The Bertz CT molecular complexity index is 1040. The van der Waals surface area contributed by atoms with Crippen molar-refractivity contribution in [2.75, 3.05) is 5.32 Å². The number of carbonyl (C=O) groups excluding carboxylic acids is 1. The van der Waals surface area contributed by atoms with E-state index in [1.807, 2.05) is 43.8 Å². The predicted molar refractivity (Wildman–Crippen MR) is 107 cm³/mol. The van der Waals surface area contributed by atoms with Gasteiger partial charge in [-0.05, 0) is 50.1 Å².